The molecular weight excluding hydrogens is 224 g/mol. The molecule has 0 amide bonds. The van der Waals surface area contributed by atoms with Gasteiger partial charge in [-0.15, -0.1) is 6.58 Å². The largest absolute Gasteiger partial charge is 0.347 e. The van der Waals surface area contributed by atoms with Crippen LogP contribution in [0.25, 0.3) is 0 Å². The monoisotopic (exact) mass is 248 g/mol. The van der Waals surface area contributed by atoms with Crippen LogP contribution in [-0.4, -0.2) is 28.6 Å². The van der Waals surface area contributed by atoms with Crippen molar-refractivity contribution in [2.75, 3.05) is 18.0 Å². The molecule has 18 heavy (non-hydrogen) atoms. The van der Waals surface area contributed by atoms with Gasteiger partial charge in [0, 0.05) is 24.8 Å². The number of hydrogen-bond acceptors (Lipinski definition) is 4. The molecule has 4 heteroatoms. The van der Waals surface area contributed by atoms with Crippen molar-refractivity contribution < 1.29 is 0 Å². The summed E-state index contributed by atoms with van der Waals surface area (Å²) < 4.78 is 0. The smallest absolute Gasteiger partial charge is 0.148 e. The van der Waals surface area contributed by atoms with Gasteiger partial charge in [0.1, 0.15) is 5.82 Å². The van der Waals surface area contributed by atoms with Gasteiger partial charge in [-0.1, -0.05) is 13.0 Å². The molecule has 0 saturated heterocycles. The predicted molar refractivity (Wildman–Crippen MR) is 76.7 cm³/mol. The summed E-state index contributed by atoms with van der Waals surface area (Å²) in [6.07, 6.45) is 5.51. The molecule has 0 unspecified atom stereocenters. The Morgan fingerprint density at radius 1 is 1.39 bits per heavy atom. The van der Waals surface area contributed by atoms with Crippen LogP contribution in [0.4, 0.5) is 5.82 Å². The highest BCUT2D eigenvalue weighted by atomic mass is 15.2. The standard InChI is InChI=1S/C14H24N4/c1-6-8-18(14(3,4)5)13-11-16-10-12(17-13)9-15-7-2/h6,10-11,15H,1,7-9H2,2-5H3. The Morgan fingerprint density at radius 3 is 2.67 bits per heavy atom. The minimum atomic E-state index is -0.000319. The number of nitrogens with zero attached hydrogens (tertiary/aromatic N) is 3. The molecule has 100 valence electrons. The van der Waals surface area contributed by atoms with Gasteiger partial charge in [0.2, 0.25) is 0 Å². The Labute approximate surface area is 110 Å². The Kier molecular flexibility index (Phi) is 5.28. The van der Waals surface area contributed by atoms with Crippen LogP contribution in [0.3, 0.4) is 0 Å². The van der Waals surface area contributed by atoms with Crippen molar-refractivity contribution >= 4 is 5.82 Å². The molecule has 1 aromatic heterocycles. The van der Waals surface area contributed by atoms with E-state index in [0.717, 1.165) is 31.1 Å². The van der Waals surface area contributed by atoms with Crippen molar-refractivity contribution in [2.45, 2.75) is 39.8 Å². The molecule has 0 aromatic carbocycles. The van der Waals surface area contributed by atoms with Gasteiger partial charge in [-0.3, -0.25) is 4.98 Å². The zero-order valence-corrected chi connectivity index (χ0v) is 11.9. The highest BCUT2D eigenvalue weighted by molar-refractivity contribution is 5.40. The topological polar surface area (TPSA) is 41.1 Å². The van der Waals surface area contributed by atoms with Crippen LogP contribution in [0.1, 0.15) is 33.4 Å². The first-order chi connectivity index (χ1) is 8.49. The summed E-state index contributed by atoms with van der Waals surface area (Å²) in [5, 5.41) is 3.26. The summed E-state index contributed by atoms with van der Waals surface area (Å²) in [4.78, 5) is 11.1. The zero-order valence-electron chi connectivity index (χ0n) is 11.9. The number of rotatable bonds is 6. The first kappa shape index (κ1) is 14.6. The van der Waals surface area contributed by atoms with E-state index in [-0.39, 0.29) is 5.54 Å². The molecule has 0 aliphatic heterocycles. The second-order valence-corrected chi connectivity index (χ2v) is 5.22. The molecule has 1 aromatic rings. The lowest BCUT2D eigenvalue weighted by Gasteiger charge is -2.35. The molecule has 0 aliphatic rings. The highest BCUT2D eigenvalue weighted by Crippen LogP contribution is 2.20. The summed E-state index contributed by atoms with van der Waals surface area (Å²) in [5.74, 6) is 0.901. The van der Waals surface area contributed by atoms with Crippen LogP contribution in [0, 0.1) is 0 Å². The maximum atomic E-state index is 4.65. The van der Waals surface area contributed by atoms with Gasteiger partial charge in [-0.05, 0) is 27.3 Å². The van der Waals surface area contributed by atoms with Gasteiger partial charge in [0.25, 0.3) is 0 Å². The van der Waals surface area contributed by atoms with Crippen molar-refractivity contribution in [3.8, 4) is 0 Å². The maximum absolute atomic E-state index is 4.65. The quantitative estimate of drug-likeness (QED) is 0.785. The minimum Gasteiger partial charge on any atom is -0.347 e. The number of nitrogens with one attached hydrogen (secondary N) is 1. The maximum Gasteiger partial charge on any atom is 0.148 e. The van der Waals surface area contributed by atoms with E-state index in [2.05, 4.69) is 54.5 Å². The van der Waals surface area contributed by atoms with E-state index in [1.165, 1.54) is 0 Å². The van der Waals surface area contributed by atoms with Crippen molar-refractivity contribution in [1.82, 2.24) is 15.3 Å². The molecule has 0 saturated carbocycles. The average molecular weight is 248 g/mol. The molecule has 0 fully saturated rings. The summed E-state index contributed by atoms with van der Waals surface area (Å²) in [5.41, 5.74) is 0.965. The van der Waals surface area contributed by atoms with Crippen LogP contribution in [0.15, 0.2) is 25.0 Å². The van der Waals surface area contributed by atoms with E-state index in [0.29, 0.717) is 0 Å². The molecule has 1 N–H and O–H groups in total. The van der Waals surface area contributed by atoms with E-state index in [4.69, 9.17) is 0 Å². The third-order valence-electron chi connectivity index (χ3n) is 2.63. The first-order valence-corrected chi connectivity index (χ1v) is 6.39. The fraction of sp³-hybridized carbons (Fsp3) is 0.571. The van der Waals surface area contributed by atoms with E-state index in [9.17, 15) is 0 Å². The molecule has 0 bridgehead atoms. The van der Waals surface area contributed by atoms with Crippen LogP contribution < -0.4 is 10.2 Å². The lowest BCUT2D eigenvalue weighted by molar-refractivity contribution is 0.515. The lowest BCUT2D eigenvalue weighted by Crippen LogP contribution is -2.42. The predicted octanol–water partition coefficient (Wildman–Crippen LogP) is 2.38. The van der Waals surface area contributed by atoms with Gasteiger partial charge in [-0.25, -0.2) is 4.98 Å². The molecule has 4 nitrogen and oxygen atoms in total. The van der Waals surface area contributed by atoms with Crippen LogP contribution in [0.5, 0.6) is 0 Å². The summed E-state index contributed by atoms with van der Waals surface area (Å²) in [7, 11) is 0. The Bertz CT molecular complexity index is 382. The molecule has 0 radical (unpaired) electrons. The molecule has 1 rings (SSSR count). The van der Waals surface area contributed by atoms with Gasteiger partial charge < -0.3 is 10.2 Å². The van der Waals surface area contributed by atoms with Crippen molar-refractivity contribution in [1.29, 1.82) is 0 Å². The summed E-state index contributed by atoms with van der Waals surface area (Å²) in [6.45, 7) is 14.8. The van der Waals surface area contributed by atoms with Gasteiger partial charge in [0.05, 0.1) is 11.9 Å². The fourth-order valence-corrected chi connectivity index (χ4v) is 1.70. The molecule has 0 atom stereocenters. The SMILES string of the molecule is C=CCN(c1cncc(CNCC)n1)C(C)(C)C. The van der Waals surface area contributed by atoms with E-state index >= 15 is 0 Å². The molecular formula is C14H24N4. The van der Waals surface area contributed by atoms with E-state index < -0.39 is 0 Å². The molecule has 1 heterocycles. The van der Waals surface area contributed by atoms with E-state index in [1.54, 1.807) is 6.20 Å². The average Bonchev–Trinajstić information content (AvgIpc) is 2.32. The summed E-state index contributed by atoms with van der Waals surface area (Å²) >= 11 is 0. The Morgan fingerprint density at radius 2 is 2.11 bits per heavy atom. The number of aromatic nitrogens is 2. The summed E-state index contributed by atoms with van der Waals surface area (Å²) in [6, 6.07) is 0. The number of hydrogen-bond donors (Lipinski definition) is 1. The zero-order chi connectivity index (χ0) is 13.6. The third-order valence-corrected chi connectivity index (χ3v) is 2.63. The fourth-order valence-electron chi connectivity index (χ4n) is 1.70. The first-order valence-electron chi connectivity index (χ1n) is 6.39. The van der Waals surface area contributed by atoms with Gasteiger partial charge in [0.15, 0.2) is 0 Å². The number of anilines is 1. The van der Waals surface area contributed by atoms with Gasteiger partial charge in [-0.2, -0.15) is 0 Å². The third kappa shape index (κ3) is 4.11. The van der Waals surface area contributed by atoms with Crippen molar-refractivity contribution in [2.24, 2.45) is 0 Å². The second-order valence-electron chi connectivity index (χ2n) is 5.22. The molecule has 0 aliphatic carbocycles. The normalized spacial score (nSPS) is 11.3. The van der Waals surface area contributed by atoms with Gasteiger partial charge >= 0.3 is 0 Å². The van der Waals surface area contributed by atoms with Crippen LogP contribution in [-0.2, 0) is 6.54 Å². The minimum absolute atomic E-state index is 0.000319. The highest BCUT2D eigenvalue weighted by Gasteiger charge is 2.21. The lowest BCUT2D eigenvalue weighted by atomic mass is 10.1. The van der Waals surface area contributed by atoms with Crippen LogP contribution >= 0.6 is 0 Å². The van der Waals surface area contributed by atoms with Crippen LogP contribution in [0.2, 0.25) is 0 Å². The molecule has 0 spiro atoms. The van der Waals surface area contributed by atoms with Crippen molar-refractivity contribution in [3.05, 3.63) is 30.7 Å². The Balaban J connectivity index is 2.94. The second kappa shape index (κ2) is 6.50. The van der Waals surface area contributed by atoms with E-state index in [1.807, 2.05) is 12.3 Å². The Hall–Kier alpha value is -1.42. The van der Waals surface area contributed by atoms with Crippen molar-refractivity contribution in [3.63, 3.8) is 0 Å².